The molecular formula is C15H20N4. The highest BCUT2D eigenvalue weighted by atomic mass is 15.4. The van der Waals surface area contributed by atoms with E-state index < -0.39 is 0 Å². The van der Waals surface area contributed by atoms with Crippen LogP contribution in [0.25, 0.3) is 5.69 Å². The van der Waals surface area contributed by atoms with Gasteiger partial charge in [-0.2, -0.15) is 0 Å². The molecule has 1 saturated carbocycles. The van der Waals surface area contributed by atoms with Crippen molar-refractivity contribution >= 4 is 0 Å². The van der Waals surface area contributed by atoms with Gasteiger partial charge in [0.25, 0.3) is 0 Å². The molecule has 0 radical (unpaired) electrons. The van der Waals surface area contributed by atoms with Gasteiger partial charge in [0.1, 0.15) is 0 Å². The summed E-state index contributed by atoms with van der Waals surface area (Å²) in [7, 11) is 0. The summed E-state index contributed by atoms with van der Waals surface area (Å²) in [4.78, 5) is 0. The van der Waals surface area contributed by atoms with Gasteiger partial charge in [-0.15, -0.1) is 5.10 Å². The Hall–Kier alpha value is -1.68. The largest absolute Gasteiger partial charge is 0.330 e. The summed E-state index contributed by atoms with van der Waals surface area (Å²) < 4.78 is 1.85. The van der Waals surface area contributed by atoms with Gasteiger partial charge in [-0.05, 0) is 24.5 Å². The van der Waals surface area contributed by atoms with E-state index in [0.717, 1.165) is 5.69 Å². The molecule has 4 heteroatoms. The topological polar surface area (TPSA) is 56.7 Å². The van der Waals surface area contributed by atoms with Crippen LogP contribution in [0.2, 0.25) is 0 Å². The molecule has 0 spiro atoms. The quantitative estimate of drug-likeness (QED) is 0.917. The molecule has 1 fully saturated rings. The Kier molecular flexibility index (Phi) is 3.34. The van der Waals surface area contributed by atoms with Crippen LogP contribution in [0, 0.1) is 0 Å². The summed E-state index contributed by atoms with van der Waals surface area (Å²) in [5.74, 6) is 0. The van der Waals surface area contributed by atoms with Gasteiger partial charge in [0.15, 0.2) is 0 Å². The molecule has 0 bridgehead atoms. The summed E-state index contributed by atoms with van der Waals surface area (Å²) >= 11 is 0. The van der Waals surface area contributed by atoms with Crippen LogP contribution < -0.4 is 5.73 Å². The molecule has 0 aliphatic heterocycles. The Morgan fingerprint density at radius 1 is 1.16 bits per heavy atom. The van der Waals surface area contributed by atoms with Crippen LogP contribution in [0.5, 0.6) is 0 Å². The van der Waals surface area contributed by atoms with E-state index in [1.54, 1.807) is 6.20 Å². The van der Waals surface area contributed by atoms with Crippen molar-refractivity contribution in [3.8, 4) is 5.69 Å². The molecular weight excluding hydrogens is 236 g/mol. The van der Waals surface area contributed by atoms with Crippen LogP contribution in [0.15, 0.2) is 36.7 Å². The zero-order valence-electron chi connectivity index (χ0n) is 11.1. The molecule has 4 nitrogen and oxygen atoms in total. The average molecular weight is 256 g/mol. The molecule has 100 valence electrons. The highest BCUT2D eigenvalue weighted by Crippen LogP contribution is 2.40. The highest BCUT2D eigenvalue weighted by molar-refractivity contribution is 5.45. The van der Waals surface area contributed by atoms with Gasteiger partial charge in [0.05, 0.1) is 18.1 Å². The molecule has 1 aromatic carbocycles. The average Bonchev–Trinajstić information content (AvgIpc) is 3.02. The van der Waals surface area contributed by atoms with E-state index in [4.69, 9.17) is 5.73 Å². The van der Waals surface area contributed by atoms with Crippen LogP contribution in [0.3, 0.4) is 0 Å². The maximum atomic E-state index is 6.15. The molecule has 1 aliphatic rings. The Labute approximate surface area is 113 Å². The summed E-state index contributed by atoms with van der Waals surface area (Å²) in [5.41, 5.74) is 8.70. The molecule has 0 saturated heterocycles. The summed E-state index contributed by atoms with van der Waals surface area (Å²) in [5, 5.41) is 8.05. The van der Waals surface area contributed by atoms with E-state index in [2.05, 4.69) is 28.5 Å². The minimum Gasteiger partial charge on any atom is -0.330 e. The Morgan fingerprint density at radius 3 is 2.63 bits per heavy atom. The zero-order valence-corrected chi connectivity index (χ0v) is 11.1. The van der Waals surface area contributed by atoms with Gasteiger partial charge in [0.2, 0.25) is 0 Å². The SMILES string of the molecule is NCC1(c2ccccc2-n2ccnn2)CCCCC1. The Morgan fingerprint density at radius 2 is 1.95 bits per heavy atom. The zero-order chi connectivity index (χ0) is 13.1. The first-order valence-electron chi connectivity index (χ1n) is 7.02. The summed E-state index contributed by atoms with van der Waals surface area (Å²) in [6, 6.07) is 8.46. The third kappa shape index (κ3) is 2.16. The smallest absolute Gasteiger partial charge is 0.0701 e. The van der Waals surface area contributed by atoms with Crippen LogP contribution in [-0.2, 0) is 5.41 Å². The fourth-order valence-electron chi connectivity index (χ4n) is 3.27. The van der Waals surface area contributed by atoms with Crippen molar-refractivity contribution in [2.75, 3.05) is 6.54 Å². The van der Waals surface area contributed by atoms with Crippen molar-refractivity contribution in [3.63, 3.8) is 0 Å². The second-order valence-corrected chi connectivity index (χ2v) is 5.41. The lowest BCUT2D eigenvalue weighted by Crippen LogP contribution is -2.38. The van der Waals surface area contributed by atoms with E-state index in [1.807, 2.05) is 16.9 Å². The minimum atomic E-state index is 0.112. The first kappa shape index (κ1) is 12.4. The Balaban J connectivity index is 2.09. The molecule has 0 amide bonds. The number of aromatic nitrogens is 3. The fourth-order valence-corrected chi connectivity index (χ4v) is 3.27. The van der Waals surface area contributed by atoms with E-state index in [1.165, 1.54) is 37.7 Å². The number of benzene rings is 1. The van der Waals surface area contributed by atoms with Crippen LogP contribution in [0.1, 0.15) is 37.7 Å². The summed E-state index contributed by atoms with van der Waals surface area (Å²) in [6.07, 6.45) is 9.82. The number of hydrogen-bond acceptors (Lipinski definition) is 3. The lowest BCUT2D eigenvalue weighted by atomic mass is 9.69. The molecule has 0 unspecified atom stereocenters. The van der Waals surface area contributed by atoms with Gasteiger partial charge < -0.3 is 5.73 Å². The standard InChI is InChI=1S/C15H20N4/c16-12-15(8-4-1-5-9-15)13-6-2-3-7-14(13)19-11-10-17-18-19/h2-3,6-7,10-11H,1,4-5,8-9,12,16H2. The lowest BCUT2D eigenvalue weighted by Gasteiger charge is -2.38. The van der Waals surface area contributed by atoms with Crippen molar-refractivity contribution in [3.05, 3.63) is 42.2 Å². The van der Waals surface area contributed by atoms with Crippen molar-refractivity contribution in [2.24, 2.45) is 5.73 Å². The van der Waals surface area contributed by atoms with Crippen LogP contribution in [-0.4, -0.2) is 21.5 Å². The number of nitrogens with zero attached hydrogens (tertiary/aromatic N) is 3. The van der Waals surface area contributed by atoms with Crippen molar-refractivity contribution in [1.29, 1.82) is 0 Å². The third-order valence-electron chi connectivity index (χ3n) is 4.35. The molecule has 1 aliphatic carbocycles. The monoisotopic (exact) mass is 256 g/mol. The van der Waals surface area contributed by atoms with Gasteiger partial charge in [-0.3, -0.25) is 0 Å². The second kappa shape index (κ2) is 5.13. The first-order chi connectivity index (χ1) is 9.36. The number of para-hydroxylation sites is 1. The predicted molar refractivity (Wildman–Crippen MR) is 75.2 cm³/mol. The van der Waals surface area contributed by atoms with Crippen molar-refractivity contribution in [1.82, 2.24) is 15.0 Å². The van der Waals surface area contributed by atoms with E-state index in [0.29, 0.717) is 6.54 Å². The molecule has 2 N–H and O–H groups in total. The number of nitrogens with two attached hydrogens (primary N) is 1. The van der Waals surface area contributed by atoms with Gasteiger partial charge in [0, 0.05) is 12.0 Å². The Bertz CT molecular complexity index is 527. The van der Waals surface area contributed by atoms with E-state index in [9.17, 15) is 0 Å². The first-order valence-corrected chi connectivity index (χ1v) is 7.02. The summed E-state index contributed by atoms with van der Waals surface area (Å²) in [6.45, 7) is 0.707. The number of rotatable bonds is 3. The lowest BCUT2D eigenvalue weighted by molar-refractivity contribution is 0.300. The van der Waals surface area contributed by atoms with Gasteiger partial charge in [-0.1, -0.05) is 42.7 Å². The fraction of sp³-hybridized carbons (Fsp3) is 0.467. The van der Waals surface area contributed by atoms with Gasteiger partial charge >= 0.3 is 0 Å². The van der Waals surface area contributed by atoms with Crippen LogP contribution in [0.4, 0.5) is 0 Å². The maximum absolute atomic E-state index is 6.15. The second-order valence-electron chi connectivity index (χ2n) is 5.41. The third-order valence-corrected chi connectivity index (χ3v) is 4.35. The predicted octanol–water partition coefficient (Wildman–Crippen LogP) is 2.43. The molecule has 2 aromatic rings. The maximum Gasteiger partial charge on any atom is 0.0701 e. The molecule has 1 heterocycles. The van der Waals surface area contributed by atoms with Crippen molar-refractivity contribution < 1.29 is 0 Å². The molecule has 3 rings (SSSR count). The normalized spacial score (nSPS) is 18.4. The highest BCUT2D eigenvalue weighted by Gasteiger charge is 2.34. The molecule has 19 heavy (non-hydrogen) atoms. The van der Waals surface area contributed by atoms with E-state index in [-0.39, 0.29) is 5.41 Å². The van der Waals surface area contributed by atoms with Gasteiger partial charge in [-0.25, -0.2) is 4.68 Å². The minimum absolute atomic E-state index is 0.112. The molecule has 0 atom stereocenters. The van der Waals surface area contributed by atoms with E-state index >= 15 is 0 Å². The van der Waals surface area contributed by atoms with Crippen LogP contribution >= 0.6 is 0 Å². The van der Waals surface area contributed by atoms with Crippen molar-refractivity contribution in [2.45, 2.75) is 37.5 Å². The molecule has 1 aromatic heterocycles. The number of hydrogen-bond donors (Lipinski definition) is 1.